The molecule has 0 radical (unpaired) electrons. The second kappa shape index (κ2) is 8.06. The molecule has 3 aromatic rings. The van der Waals surface area contributed by atoms with Crippen LogP contribution in [-0.2, 0) is 11.2 Å². The number of benzene rings is 2. The van der Waals surface area contributed by atoms with Crippen molar-refractivity contribution in [3.63, 3.8) is 0 Å². The number of aromatic amines is 1. The first-order valence-corrected chi connectivity index (χ1v) is 10.0. The number of carbonyl (C=O) groups excluding carboxylic acids is 2. The number of carbonyl (C=O) groups is 2. The Hall–Kier alpha value is -2.54. The molecule has 1 aliphatic heterocycles. The van der Waals surface area contributed by atoms with Crippen molar-refractivity contribution in [1.29, 1.82) is 0 Å². The van der Waals surface area contributed by atoms with Crippen LogP contribution in [0.4, 0.5) is 0 Å². The van der Waals surface area contributed by atoms with Crippen LogP contribution >= 0.6 is 23.2 Å². The zero-order valence-corrected chi connectivity index (χ0v) is 16.9. The van der Waals surface area contributed by atoms with Gasteiger partial charge >= 0.3 is 0 Å². The van der Waals surface area contributed by atoms with Crippen LogP contribution in [0.25, 0.3) is 10.9 Å². The minimum Gasteiger partial charge on any atom is -0.395 e. The van der Waals surface area contributed by atoms with Gasteiger partial charge in [-0.2, -0.15) is 0 Å². The van der Waals surface area contributed by atoms with E-state index < -0.39 is 6.04 Å². The average molecular weight is 432 g/mol. The monoisotopic (exact) mass is 431 g/mol. The highest BCUT2D eigenvalue weighted by Gasteiger charge is 2.38. The maximum absolute atomic E-state index is 13.2. The first-order chi connectivity index (χ1) is 14.0. The summed E-state index contributed by atoms with van der Waals surface area (Å²) in [5.74, 6) is -0.632. The minimum absolute atomic E-state index is 0.107. The van der Waals surface area contributed by atoms with Crippen molar-refractivity contribution in [2.75, 3.05) is 19.7 Å². The number of nitrogens with one attached hydrogen (secondary N) is 2. The van der Waals surface area contributed by atoms with Gasteiger partial charge in [0.2, 0.25) is 5.91 Å². The van der Waals surface area contributed by atoms with Gasteiger partial charge in [0, 0.05) is 39.6 Å². The molecule has 1 aliphatic rings. The van der Waals surface area contributed by atoms with Crippen LogP contribution in [0.5, 0.6) is 0 Å². The van der Waals surface area contributed by atoms with E-state index in [-0.39, 0.29) is 25.0 Å². The molecule has 0 aliphatic carbocycles. The summed E-state index contributed by atoms with van der Waals surface area (Å²) in [7, 11) is 0. The van der Waals surface area contributed by atoms with Crippen molar-refractivity contribution in [3.8, 4) is 0 Å². The lowest BCUT2D eigenvalue weighted by Crippen LogP contribution is -2.47. The third-order valence-electron chi connectivity index (χ3n) is 5.08. The number of amides is 2. The molecule has 0 saturated heterocycles. The minimum atomic E-state index is -0.844. The molecule has 2 amide bonds. The quantitative estimate of drug-likeness (QED) is 0.592. The lowest BCUT2D eigenvalue weighted by atomic mass is 9.95. The number of fused-ring (bicyclic) bond motifs is 3. The lowest BCUT2D eigenvalue weighted by molar-refractivity contribution is -0.126. The Balaban J connectivity index is 1.79. The summed E-state index contributed by atoms with van der Waals surface area (Å²) in [6.07, 6.45) is 0.589. The third-order valence-corrected chi connectivity index (χ3v) is 5.55. The highest BCUT2D eigenvalue weighted by Crippen LogP contribution is 2.36. The Morgan fingerprint density at radius 3 is 2.72 bits per heavy atom. The fourth-order valence-electron chi connectivity index (χ4n) is 3.82. The summed E-state index contributed by atoms with van der Waals surface area (Å²) >= 11 is 12.2. The Morgan fingerprint density at radius 2 is 1.97 bits per heavy atom. The second-order valence-corrected chi connectivity index (χ2v) is 7.76. The first kappa shape index (κ1) is 19.8. The van der Waals surface area contributed by atoms with E-state index in [1.165, 1.54) is 4.90 Å². The summed E-state index contributed by atoms with van der Waals surface area (Å²) in [6, 6.07) is 11.3. The number of nitrogens with zero attached hydrogens (tertiary/aromatic N) is 1. The summed E-state index contributed by atoms with van der Waals surface area (Å²) in [6.45, 7) is 0.292. The van der Waals surface area contributed by atoms with Crippen LogP contribution in [0.2, 0.25) is 10.0 Å². The van der Waals surface area contributed by atoms with Crippen molar-refractivity contribution >= 4 is 45.9 Å². The molecular weight excluding hydrogens is 413 g/mol. The molecule has 0 spiro atoms. The highest BCUT2D eigenvalue weighted by molar-refractivity contribution is 6.31. The molecule has 1 unspecified atom stereocenters. The molecule has 0 bridgehead atoms. The Morgan fingerprint density at radius 1 is 1.17 bits per heavy atom. The molecule has 4 rings (SSSR count). The van der Waals surface area contributed by atoms with Gasteiger partial charge in [0.15, 0.2) is 6.04 Å². The van der Waals surface area contributed by atoms with E-state index in [2.05, 4.69) is 10.3 Å². The van der Waals surface area contributed by atoms with Crippen LogP contribution < -0.4 is 5.32 Å². The fraction of sp³-hybridized carbons (Fsp3) is 0.238. The van der Waals surface area contributed by atoms with Gasteiger partial charge in [-0.25, -0.2) is 0 Å². The van der Waals surface area contributed by atoms with Crippen LogP contribution in [0.15, 0.2) is 42.5 Å². The molecule has 6 nitrogen and oxygen atoms in total. The van der Waals surface area contributed by atoms with Gasteiger partial charge in [0.1, 0.15) is 0 Å². The maximum atomic E-state index is 13.2. The van der Waals surface area contributed by atoms with Gasteiger partial charge in [-0.15, -0.1) is 0 Å². The molecule has 8 heteroatoms. The SMILES string of the molecule is O=C(NCCO)C1c2[nH]c3ccc(Cl)cc3c2CCN1C(=O)c1cccc(Cl)c1. The van der Waals surface area contributed by atoms with Gasteiger partial charge in [0.25, 0.3) is 5.91 Å². The van der Waals surface area contributed by atoms with E-state index in [9.17, 15) is 9.59 Å². The topological polar surface area (TPSA) is 85.4 Å². The standard InChI is InChI=1S/C21H19Cl2N3O3/c22-13-3-1-2-12(10-13)21(29)26-8-6-15-16-11-14(23)4-5-17(16)25-18(15)19(26)20(28)24-7-9-27/h1-5,10-11,19,25,27H,6-9H2,(H,24,28). The Kier molecular flexibility index (Phi) is 5.50. The van der Waals surface area contributed by atoms with Crippen LogP contribution in [0, 0.1) is 0 Å². The van der Waals surface area contributed by atoms with Crippen molar-refractivity contribution in [3.05, 3.63) is 69.3 Å². The van der Waals surface area contributed by atoms with Crippen molar-refractivity contribution in [2.24, 2.45) is 0 Å². The molecule has 1 atom stereocenters. The average Bonchev–Trinajstić information content (AvgIpc) is 3.08. The number of H-pyrrole nitrogens is 1. The number of rotatable bonds is 4. The number of hydrogen-bond acceptors (Lipinski definition) is 3. The number of aliphatic hydroxyl groups is 1. The normalized spacial score (nSPS) is 16.0. The van der Waals surface area contributed by atoms with Gasteiger partial charge < -0.3 is 20.3 Å². The van der Waals surface area contributed by atoms with Crippen LogP contribution in [-0.4, -0.2) is 46.5 Å². The van der Waals surface area contributed by atoms with Crippen LogP contribution in [0.1, 0.15) is 27.7 Å². The summed E-state index contributed by atoms with van der Waals surface area (Å²) in [5.41, 5.74) is 2.91. The molecule has 2 heterocycles. The maximum Gasteiger partial charge on any atom is 0.254 e. The smallest absolute Gasteiger partial charge is 0.254 e. The number of aromatic nitrogens is 1. The van der Waals surface area contributed by atoms with E-state index in [4.69, 9.17) is 28.3 Å². The molecular formula is C21H19Cl2N3O3. The second-order valence-electron chi connectivity index (χ2n) is 6.88. The van der Waals surface area contributed by atoms with Gasteiger partial charge in [0.05, 0.1) is 12.3 Å². The zero-order valence-electron chi connectivity index (χ0n) is 15.4. The molecule has 1 aromatic heterocycles. The molecule has 3 N–H and O–H groups in total. The third kappa shape index (κ3) is 3.71. The first-order valence-electron chi connectivity index (χ1n) is 9.24. The van der Waals surface area contributed by atoms with E-state index in [0.29, 0.717) is 34.3 Å². The van der Waals surface area contributed by atoms with E-state index >= 15 is 0 Å². The van der Waals surface area contributed by atoms with Gasteiger partial charge in [-0.3, -0.25) is 9.59 Å². The fourth-order valence-corrected chi connectivity index (χ4v) is 4.18. The van der Waals surface area contributed by atoms with Crippen molar-refractivity contribution in [1.82, 2.24) is 15.2 Å². The van der Waals surface area contributed by atoms with E-state index in [0.717, 1.165) is 16.5 Å². The summed E-state index contributed by atoms with van der Waals surface area (Å²) in [4.78, 5) is 31.0. The van der Waals surface area contributed by atoms with Crippen LogP contribution in [0.3, 0.4) is 0 Å². The highest BCUT2D eigenvalue weighted by atomic mass is 35.5. The zero-order chi connectivity index (χ0) is 20.5. The molecule has 29 heavy (non-hydrogen) atoms. The predicted octanol–water partition coefficient (Wildman–Crippen LogP) is 3.32. The Bertz CT molecular complexity index is 1100. The molecule has 0 fully saturated rings. The summed E-state index contributed by atoms with van der Waals surface area (Å²) in [5, 5.41) is 13.8. The van der Waals surface area contributed by atoms with Crippen molar-refractivity contribution < 1.29 is 14.7 Å². The Labute approximate surface area is 177 Å². The van der Waals surface area contributed by atoms with Gasteiger partial charge in [-0.1, -0.05) is 29.3 Å². The number of halogens is 2. The molecule has 150 valence electrons. The summed E-state index contributed by atoms with van der Waals surface area (Å²) < 4.78 is 0. The van der Waals surface area contributed by atoms with E-state index in [1.54, 1.807) is 30.3 Å². The molecule has 2 aromatic carbocycles. The largest absolute Gasteiger partial charge is 0.395 e. The van der Waals surface area contributed by atoms with Gasteiger partial charge in [-0.05, 0) is 48.4 Å². The lowest BCUT2D eigenvalue weighted by Gasteiger charge is -2.35. The van der Waals surface area contributed by atoms with Crippen molar-refractivity contribution in [2.45, 2.75) is 12.5 Å². The predicted molar refractivity (Wildman–Crippen MR) is 112 cm³/mol. The number of hydrogen-bond donors (Lipinski definition) is 3. The number of aliphatic hydroxyl groups excluding tert-OH is 1. The molecule has 0 saturated carbocycles. The van der Waals surface area contributed by atoms with E-state index in [1.807, 2.05) is 12.1 Å².